The number of nitrogens with one attached hydrogen (secondary N) is 1. The zero-order chi connectivity index (χ0) is 17.3. The van der Waals surface area contributed by atoms with E-state index in [0.29, 0.717) is 16.5 Å². The summed E-state index contributed by atoms with van der Waals surface area (Å²) in [5, 5.41) is 2.87. The minimum atomic E-state index is -1.06. The highest BCUT2D eigenvalue weighted by atomic mass is 35.5. The van der Waals surface area contributed by atoms with Crippen LogP contribution in [0.4, 0.5) is 20.2 Å². The smallest absolute Gasteiger partial charge is 0.331 e. The van der Waals surface area contributed by atoms with Crippen LogP contribution in [-0.2, 0) is 9.59 Å². The zero-order valence-electron chi connectivity index (χ0n) is 12.2. The molecule has 124 valence electrons. The van der Waals surface area contributed by atoms with E-state index in [4.69, 9.17) is 16.3 Å². The Hall–Kier alpha value is -2.67. The summed E-state index contributed by atoms with van der Waals surface area (Å²) < 4.78 is 31.1. The Morgan fingerprint density at radius 2 is 2.00 bits per heavy atom. The number of hydrogen-bond donors (Lipinski definition) is 1. The third-order valence-corrected chi connectivity index (χ3v) is 3.58. The molecule has 0 radical (unpaired) electrons. The van der Waals surface area contributed by atoms with Gasteiger partial charge in [0.15, 0.2) is 17.4 Å². The Balaban J connectivity index is 1.76. The van der Waals surface area contributed by atoms with Crippen LogP contribution in [0.25, 0.3) is 0 Å². The highest BCUT2D eigenvalue weighted by Gasteiger charge is 2.26. The second kappa shape index (κ2) is 6.45. The lowest BCUT2D eigenvalue weighted by molar-refractivity contribution is -0.133. The molecule has 0 saturated carbocycles. The van der Waals surface area contributed by atoms with Gasteiger partial charge in [-0.25, -0.2) is 13.6 Å². The number of carbonyl (C=O) groups is 2. The van der Waals surface area contributed by atoms with Crippen LogP contribution < -0.4 is 15.0 Å². The van der Waals surface area contributed by atoms with E-state index >= 15 is 0 Å². The summed E-state index contributed by atoms with van der Waals surface area (Å²) in [6, 6.07) is 7.72. The van der Waals surface area contributed by atoms with E-state index in [9.17, 15) is 18.4 Å². The summed E-state index contributed by atoms with van der Waals surface area (Å²) in [5.74, 6) is -2.77. The van der Waals surface area contributed by atoms with E-state index in [-0.39, 0.29) is 18.8 Å². The largest absolute Gasteiger partial charge is 0.423 e. The Morgan fingerprint density at radius 1 is 1.21 bits per heavy atom. The van der Waals surface area contributed by atoms with Crippen molar-refractivity contribution in [2.24, 2.45) is 0 Å². The Labute approximate surface area is 140 Å². The number of anilines is 2. The van der Waals surface area contributed by atoms with Crippen molar-refractivity contribution in [2.45, 2.75) is 0 Å². The second-order valence-corrected chi connectivity index (χ2v) is 5.56. The van der Waals surface area contributed by atoms with Crippen molar-refractivity contribution in [3.05, 3.63) is 53.1 Å². The summed E-state index contributed by atoms with van der Waals surface area (Å²) in [4.78, 5) is 25.2. The topological polar surface area (TPSA) is 58.6 Å². The highest BCUT2D eigenvalue weighted by molar-refractivity contribution is 6.31. The molecule has 0 spiro atoms. The third-order valence-electron chi connectivity index (χ3n) is 3.34. The van der Waals surface area contributed by atoms with Crippen molar-refractivity contribution in [2.75, 3.05) is 23.3 Å². The van der Waals surface area contributed by atoms with Gasteiger partial charge in [-0.2, -0.15) is 0 Å². The summed E-state index contributed by atoms with van der Waals surface area (Å²) >= 11 is 5.93. The molecule has 1 N–H and O–H groups in total. The number of ether oxygens (including phenoxy) is 1. The standard InChI is InChI=1S/C16H11ClF2N2O3/c17-9-1-4-14-13(5-9)21(8-16(23)24-14)7-15(22)20-10-2-3-11(18)12(19)6-10/h1-6H,7-8H2,(H,20,22). The van der Waals surface area contributed by atoms with Crippen LogP contribution in [-0.4, -0.2) is 25.0 Å². The molecule has 0 aromatic heterocycles. The first kappa shape index (κ1) is 16.2. The maximum atomic E-state index is 13.2. The van der Waals surface area contributed by atoms with E-state index in [1.165, 1.54) is 17.0 Å². The van der Waals surface area contributed by atoms with Crippen LogP contribution >= 0.6 is 11.6 Å². The van der Waals surface area contributed by atoms with Gasteiger partial charge in [-0.05, 0) is 30.3 Å². The van der Waals surface area contributed by atoms with Crippen LogP contribution in [0.15, 0.2) is 36.4 Å². The van der Waals surface area contributed by atoms with Crippen LogP contribution in [0.2, 0.25) is 5.02 Å². The molecule has 2 aromatic carbocycles. The number of fused-ring (bicyclic) bond motifs is 1. The minimum Gasteiger partial charge on any atom is -0.423 e. The predicted octanol–water partition coefficient (Wildman–Crippen LogP) is 2.98. The van der Waals surface area contributed by atoms with E-state index in [1.807, 2.05) is 0 Å². The SMILES string of the molecule is O=C(CN1CC(=O)Oc2ccc(Cl)cc21)Nc1ccc(F)c(F)c1. The first-order chi connectivity index (χ1) is 11.4. The molecule has 5 nitrogen and oxygen atoms in total. The van der Waals surface area contributed by atoms with Crippen molar-refractivity contribution in [1.82, 2.24) is 0 Å². The lowest BCUT2D eigenvalue weighted by Crippen LogP contribution is -2.41. The molecule has 0 fully saturated rings. The van der Waals surface area contributed by atoms with Crippen molar-refractivity contribution in [3.63, 3.8) is 0 Å². The Bertz CT molecular complexity index is 829. The molecule has 0 atom stereocenters. The van der Waals surface area contributed by atoms with Gasteiger partial charge in [0.05, 0.1) is 12.2 Å². The fourth-order valence-electron chi connectivity index (χ4n) is 2.31. The first-order valence-corrected chi connectivity index (χ1v) is 7.30. The number of halogens is 3. The summed E-state index contributed by atoms with van der Waals surface area (Å²) in [6.07, 6.45) is 0. The number of rotatable bonds is 3. The molecule has 0 unspecified atom stereocenters. The molecular formula is C16H11ClF2N2O3. The third kappa shape index (κ3) is 3.46. The number of carbonyl (C=O) groups excluding carboxylic acids is 2. The zero-order valence-corrected chi connectivity index (χ0v) is 12.9. The van der Waals surface area contributed by atoms with Gasteiger partial charge in [0.2, 0.25) is 5.91 Å². The van der Waals surface area contributed by atoms with Gasteiger partial charge in [0, 0.05) is 16.8 Å². The summed E-state index contributed by atoms with van der Waals surface area (Å²) in [7, 11) is 0. The molecule has 1 aliphatic heterocycles. The fraction of sp³-hybridized carbons (Fsp3) is 0.125. The Morgan fingerprint density at radius 3 is 2.75 bits per heavy atom. The van der Waals surface area contributed by atoms with Gasteiger partial charge in [-0.1, -0.05) is 11.6 Å². The minimum absolute atomic E-state index is 0.116. The number of esters is 1. The van der Waals surface area contributed by atoms with E-state index in [2.05, 4.69) is 5.32 Å². The van der Waals surface area contributed by atoms with E-state index in [1.54, 1.807) is 12.1 Å². The molecule has 3 rings (SSSR count). The van der Waals surface area contributed by atoms with Crippen LogP contribution in [0, 0.1) is 11.6 Å². The average molecular weight is 353 g/mol. The molecule has 0 aliphatic carbocycles. The monoisotopic (exact) mass is 352 g/mol. The molecule has 1 aliphatic rings. The van der Waals surface area contributed by atoms with Gasteiger partial charge in [-0.3, -0.25) is 4.79 Å². The molecule has 0 bridgehead atoms. The van der Waals surface area contributed by atoms with Crippen molar-refractivity contribution in [3.8, 4) is 5.75 Å². The van der Waals surface area contributed by atoms with Gasteiger partial charge in [0.25, 0.3) is 0 Å². The molecule has 8 heteroatoms. The van der Waals surface area contributed by atoms with Gasteiger partial charge in [-0.15, -0.1) is 0 Å². The lowest BCUT2D eigenvalue weighted by Gasteiger charge is -2.29. The molecule has 1 heterocycles. The van der Waals surface area contributed by atoms with Gasteiger partial charge in [0.1, 0.15) is 6.54 Å². The second-order valence-electron chi connectivity index (χ2n) is 5.12. The quantitative estimate of drug-likeness (QED) is 0.681. The molecule has 0 saturated heterocycles. The fourth-order valence-corrected chi connectivity index (χ4v) is 2.48. The average Bonchev–Trinajstić information content (AvgIpc) is 2.51. The van der Waals surface area contributed by atoms with Gasteiger partial charge < -0.3 is 15.0 Å². The predicted molar refractivity (Wildman–Crippen MR) is 84.3 cm³/mol. The van der Waals surface area contributed by atoms with Crippen molar-refractivity contribution < 1.29 is 23.1 Å². The molecular weight excluding hydrogens is 342 g/mol. The Kier molecular flexibility index (Phi) is 4.35. The molecule has 1 amide bonds. The maximum Gasteiger partial charge on any atom is 0.331 e. The van der Waals surface area contributed by atoms with Crippen LogP contribution in [0.5, 0.6) is 5.75 Å². The number of hydrogen-bond acceptors (Lipinski definition) is 4. The van der Waals surface area contributed by atoms with Gasteiger partial charge >= 0.3 is 5.97 Å². The first-order valence-electron chi connectivity index (χ1n) is 6.92. The molecule has 2 aromatic rings. The maximum absolute atomic E-state index is 13.2. The van der Waals surface area contributed by atoms with Crippen LogP contribution in [0.3, 0.4) is 0 Å². The van der Waals surface area contributed by atoms with Crippen molar-refractivity contribution >= 4 is 34.9 Å². The lowest BCUT2D eigenvalue weighted by atomic mass is 10.2. The summed E-state index contributed by atoms with van der Waals surface area (Å²) in [5.41, 5.74) is 0.618. The number of nitrogens with zero attached hydrogens (tertiary/aromatic N) is 1. The van der Waals surface area contributed by atoms with Crippen LogP contribution in [0.1, 0.15) is 0 Å². The highest BCUT2D eigenvalue weighted by Crippen LogP contribution is 2.34. The number of benzene rings is 2. The number of amides is 1. The normalized spacial score (nSPS) is 13.3. The summed E-state index contributed by atoms with van der Waals surface area (Å²) in [6.45, 7) is -0.306. The van der Waals surface area contributed by atoms with E-state index < -0.39 is 23.5 Å². The van der Waals surface area contributed by atoms with E-state index in [0.717, 1.165) is 12.1 Å². The van der Waals surface area contributed by atoms with Crippen molar-refractivity contribution in [1.29, 1.82) is 0 Å². The molecule has 24 heavy (non-hydrogen) atoms.